The molecule has 1 aromatic heterocycles. The molecule has 0 aliphatic heterocycles. The first kappa shape index (κ1) is 18.1. The third-order valence-electron chi connectivity index (χ3n) is 5.27. The fraction of sp³-hybridized carbons (Fsp3) is 0.208. The van der Waals surface area contributed by atoms with Crippen molar-refractivity contribution in [2.24, 2.45) is 0 Å². The zero-order valence-electron chi connectivity index (χ0n) is 16.3. The van der Waals surface area contributed by atoms with E-state index in [4.69, 9.17) is 9.47 Å². The van der Waals surface area contributed by atoms with Gasteiger partial charge in [-0.2, -0.15) is 0 Å². The average Bonchev–Trinajstić information content (AvgIpc) is 2.74. The first-order chi connectivity index (χ1) is 13.6. The van der Waals surface area contributed by atoms with Crippen molar-refractivity contribution in [1.29, 1.82) is 0 Å². The van der Waals surface area contributed by atoms with Gasteiger partial charge in [-0.1, -0.05) is 43.3 Å². The Hall–Kier alpha value is -3.27. The molecule has 1 heterocycles. The van der Waals surface area contributed by atoms with Gasteiger partial charge in [0.05, 0.1) is 14.2 Å². The molecule has 142 valence electrons. The molecule has 4 rings (SSSR count). The molecule has 1 N–H and O–H groups in total. The van der Waals surface area contributed by atoms with Crippen molar-refractivity contribution >= 4 is 21.5 Å². The van der Waals surface area contributed by atoms with E-state index < -0.39 is 0 Å². The van der Waals surface area contributed by atoms with Gasteiger partial charge in [0.15, 0.2) is 11.5 Å². The molecule has 28 heavy (non-hydrogen) atoms. The number of methoxy groups -OCH3 is 2. The largest absolute Gasteiger partial charge is 0.493 e. The third kappa shape index (κ3) is 3.22. The van der Waals surface area contributed by atoms with Crippen LogP contribution in [0.5, 0.6) is 11.5 Å². The summed E-state index contributed by atoms with van der Waals surface area (Å²) < 4.78 is 10.8. The molecular weight excluding hydrogens is 350 g/mol. The van der Waals surface area contributed by atoms with Crippen molar-refractivity contribution < 1.29 is 9.47 Å². The van der Waals surface area contributed by atoms with Crippen molar-refractivity contribution in [3.05, 3.63) is 81.8 Å². The second-order valence-electron chi connectivity index (χ2n) is 6.94. The Balaban J connectivity index is 1.81. The maximum absolute atomic E-state index is 12.6. The van der Waals surface area contributed by atoms with Crippen molar-refractivity contribution in [1.82, 2.24) is 4.98 Å². The number of aromatic amines is 1. The third-order valence-corrected chi connectivity index (χ3v) is 5.27. The summed E-state index contributed by atoms with van der Waals surface area (Å²) in [5.41, 5.74) is 3.07. The molecule has 4 heteroatoms. The summed E-state index contributed by atoms with van der Waals surface area (Å²) in [7, 11) is 3.21. The number of ether oxygens (including phenoxy) is 2. The smallest absolute Gasteiger partial charge is 0.252 e. The summed E-state index contributed by atoms with van der Waals surface area (Å²) in [4.78, 5) is 15.5. The second-order valence-corrected chi connectivity index (χ2v) is 6.94. The highest BCUT2D eigenvalue weighted by Crippen LogP contribution is 2.33. The lowest BCUT2D eigenvalue weighted by Gasteiger charge is -2.12. The van der Waals surface area contributed by atoms with Crippen LogP contribution in [0.3, 0.4) is 0 Å². The maximum Gasteiger partial charge on any atom is 0.252 e. The van der Waals surface area contributed by atoms with Crippen LogP contribution in [0.1, 0.15) is 23.6 Å². The molecule has 0 atom stereocenters. The van der Waals surface area contributed by atoms with E-state index >= 15 is 0 Å². The monoisotopic (exact) mass is 373 g/mol. The quantitative estimate of drug-likeness (QED) is 0.544. The fourth-order valence-electron chi connectivity index (χ4n) is 3.68. The lowest BCUT2D eigenvalue weighted by Crippen LogP contribution is -2.13. The lowest BCUT2D eigenvalue weighted by atomic mass is 9.97. The molecule has 0 radical (unpaired) electrons. The highest BCUT2D eigenvalue weighted by molar-refractivity contribution is 5.89. The Labute approximate surface area is 163 Å². The van der Waals surface area contributed by atoms with Gasteiger partial charge in [-0.05, 0) is 45.8 Å². The highest BCUT2D eigenvalue weighted by atomic mass is 16.5. The van der Waals surface area contributed by atoms with Gasteiger partial charge >= 0.3 is 0 Å². The molecular formula is C24H23NO3. The van der Waals surface area contributed by atoms with Crippen LogP contribution >= 0.6 is 0 Å². The Morgan fingerprint density at radius 1 is 0.821 bits per heavy atom. The van der Waals surface area contributed by atoms with Crippen LogP contribution in [-0.4, -0.2) is 19.2 Å². The van der Waals surface area contributed by atoms with E-state index in [1.54, 1.807) is 20.4 Å². The van der Waals surface area contributed by atoms with Gasteiger partial charge in [-0.25, -0.2) is 0 Å². The van der Waals surface area contributed by atoms with Crippen molar-refractivity contribution in [2.75, 3.05) is 14.2 Å². The standard InChI is InChI=1S/C24H23NO3/c1-4-15-5-7-18-10-16(6-8-17(18)9-15)11-21-20-13-23(28-3)22(27-2)12-19(20)14-25-24(21)26/h5-10,12-14H,4,11H2,1-3H3,(H,25,26). The predicted molar refractivity (Wildman–Crippen MR) is 114 cm³/mol. The Morgan fingerprint density at radius 3 is 2.14 bits per heavy atom. The van der Waals surface area contributed by atoms with Gasteiger partial charge in [0.25, 0.3) is 5.56 Å². The zero-order valence-corrected chi connectivity index (χ0v) is 16.3. The summed E-state index contributed by atoms with van der Waals surface area (Å²) in [5.74, 6) is 1.26. The number of H-pyrrole nitrogens is 1. The van der Waals surface area contributed by atoms with Crippen LogP contribution in [-0.2, 0) is 12.8 Å². The van der Waals surface area contributed by atoms with Crippen LogP contribution in [0.4, 0.5) is 0 Å². The van der Waals surface area contributed by atoms with E-state index in [9.17, 15) is 4.79 Å². The zero-order chi connectivity index (χ0) is 19.7. The number of pyridine rings is 1. The minimum atomic E-state index is -0.0823. The van der Waals surface area contributed by atoms with Crippen molar-refractivity contribution in [3.8, 4) is 11.5 Å². The predicted octanol–water partition coefficient (Wildman–Crippen LogP) is 4.85. The number of hydrogen-bond acceptors (Lipinski definition) is 3. The number of aromatic nitrogens is 1. The molecule has 3 aromatic carbocycles. The molecule has 0 fully saturated rings. The SMILES string of the molecule is CCc1ccc2cc(Cc3c(=O)[nH]cc4cc(OC)c(OC)cc34)ccc2c1. The minimum absolute atomic E-state index is 0.0823. The topological polar surface area (TPSA) is 51.3 Å². The van der Waals surface area contributed by atoms with E-state index in [0.29, 0.717) is 17.9 Å². The van der Waals surface area contributed by atoms with E-state index in [0.717, 1.165) is 28.3 Å². The van der Waals surface area contributed by atoms with Gasteiger partial charge in [-0.3, -0.25) is 4.79 Å². The Bertz CT molecular complexity index is 1220. The number of rotatable bonds is 5. The Morgan fingerprint density at radius 2 is 1.46 bits per heavy atom. The fourth-order valence-corrected chi connectivity index (χ4v) is 3.68. The second kappa shape index (κ2) is 7.39. The molecule has 0 unspecified atom stereocenters. The molecule has 0 spiro atoms. The summed E-state index contributed by atoms with van der Waals surface area (Å²) in [6.45, 7) is 2.16. The first-order valence-electron chi connectivity index (χ1n) is 9.40. The minimum Gasteiger partial charge on any atom is -0.493 e. The van der Waals surface area contributed by atoms with E-state index in [2.05, 4.69) is 48.3 Å². The summed E-state index contributed by atoms with van der Waals surface area (Å²) in [6.07, 6.45) is 3.29. The Kier molecular flexibility index (Phi) is 4.78. The van der Waals surface area contributed by atoms with Crippen LogP contribution in [0.25, 0.3) is 21.5 Å². The number of aryl methyl sites for hydroxylation is 1. The molecule has 0 saturated heterocycles. The van der Waals surface area contributed by atoms with Crippen LogP contribution in [0.2, 0.25) is 0 Å². The number of nitrogens with one attached hydrogen (secondary N) is 1. The van der Waals surface area contributed by atoms with Crippen LogP contribution in [0.15, 0.2) is 59.5 Å². The summed E-state index contributed by atoms with van der Waals surface area (Å²) >= 11 is 0. The van der Waals surface area contributed by atoms with Crippen LogP contribution in [0, 0.1) is 0 Å². The number of hydrogen-bond donors (Lipinski definition) is 1. The van der Waals surface area contributed by atoms with Gasteiger partial charge < -0.3 is 14.5 Å². The molecule has 0 bridgehead atoms. The molecule has 0 aliphatic carbocycles. The average molecular weight is 373 g/mol. The summed E-state index contributed by atoms with van der Waals surface area (Å²) in [6, 6.07) is 16.7. The van der Waals surface area contributed by atoms with Gasteiger partial charge in [0, 0.05) is 23.6 Å². The molecule has 0 aliphatic rings. The summed E-state index contributed by atoms with van der Waals surface area (Å²) in [5, 5.41) is 4.20. The molecule has 0 saturated carbocycles. The number of benzene rings is 3. The van der Waals surface area contributed by atoms with Gasteiger partial charge in [-0.15, -0.1) is 0 Å². The van der Waals surface area contributed by atoms with Crippen LogP contribution < -0.4 is 15.0 Å². The van der Waals surface area contributed by atoms with E-state index in [-0.39, 0.29) is 5.56 Å². The lowest BCUT2D eigenvalue weighted by molar-refractivity contribution is 0.356. The normalized spacial score (nSPS) is 11.1. The van der Waals surface area contributed by atoms with Crippen molar-refractivity contribution in [2.45, 2.75) is 19.8 Å². The molecule has 4 aromatic rings. The van der Waals surface area contributed by atoms with E-state index in [1.807, 2.05) is 12.1 Å². The number of fused-ring (bicyclic) bond motifs is 2. The molecule has 4 nitrogen and oxygen atoms in total. The molecule has 0 amide bonds. The first-order valence-corrected chi connectivity index (χ1v) is 9.40. The van der Waals surface area contributed by atoms with E-state index in [1.165, 1.54) is 16.3 Å². The van der Waals surface area contributed by atoms with Gasteiger partial charge in [0.2, 0.25) is 0 Å². The maximum atomic E-state index is 12.6. The highest BCUT2D eigenvalue weighted by Gasteiger charge is 2.13. The van der Waals surface area contributed by atoms with Gasteiger partial charge in [0.1, 0.15) is 0 Å². The van der Waals surface area contributed by atoms with Crippen molar-refractivity contribution in [3.63, 3.8) is 0 Å².